The number of urea groups is 1. The molecule has 2 rings (SSSR count). The Morgan fingerprint density at radius 3 is 2.45 bits per heavy atom. The Morgan fingerprint density at radius 1 is 1.21 bits per heavy atom. The van der Waals surface area contributed by atoms with Crippen LogP contribution in [0.4, 0.5) is 9.59 Å². The fourth-order valence-corrected chi connectivity index (χ4v) is 3.08. The first-order valence-electron chi connectivity index (χ1n) is 9.55. The zero-order valence-electron chi connectivity index (χ0n) is 17.1. The van der Waals surface area contributed by atoms with Gasteiger partial charge < -0.3 is 20.3 Å². The van der Waals surface area contributed by atoms with E-state index in [1.807, 2.05) is 27.7 Å². The van der Waals surface area contributed by atoms with E-state index in [-0.39, 0.29) is 18.1 Å². The van der Waals surface area contributed by atoms with E-state index in [1.54, 1.807) is 23.1 Å². The summed E-state index contributed by atoms with van der Waals surface area (Å²) in [5, 5.41) is 6.65. The zero-order chi connectivity index (χ0) is 21.6. The van der Waals surface area contributed by atoms with Gasteiger partial charge in [0.2, 0.25) is 0 Å². The second-order valence-electron chi connectivity index (χ2n) is 7.98. The molecule has 0 aliphatic carbocycles. The van der Waals surface area contributed by atoms with E-state index in [4.69, 9.17) is 27.9 Å². The number of nitrogens with zero attached hydrogens (tertiary/aromatic N) is 1. The quantitative estimate of drug-likeness (QED) is 0.669. The third kappa shape index (κ3) is 8.04. The molecule has 0 bridgehead atoms. The minimum absolute atomic E-state index is 0.000711. The summed E-state index contributed by atoms with van der Waals surface area (Å²) in [6.07, 6.45) is 0.929. The third-order valence-corrected chi connectivity index (χ3v) is 4.93. The van der Waals surface area contributed by atoms with Crippen molar-refractivity contribution in [1.29, 1.82) is 0 Å². The van der Waals surface area contributed by atoms with Crippen molar-refractivity contribution in [2.45, 2.75) is 58.2 Å². The maximum atomic E-state index is 12.4. The summed E-state index contributed by atoms with van der Waals surface area (Å²) in [4.78, 5) is 26.0. The molecule has 6 nitrogen and oxygen atoms in total. The Balaban J connectivity index is 1.78. The number of alkyl carbamates (subject to hydrolysis) is 1. The third-order valence-electron chi connectivity index (χ3n) is 4.20. The molecule has 1 aliphatic heterocycles. The highest BCUT2D eigenvalue weighted by atomic mass is 35.5. The Morgan fingerprint density at radius 2 is 1.86 bits per heavy atom. The molecule has 1 aromatic rings. The summed E-state index contributed by atoms with van der Waals surface area (Å²) in [7, 11) is 0. The van der Waals surface area contributed by atoms with Gasteiger partial charge in [-0.1, -0.05) is 35.0 Å². The number of hydrogen-bond donors (Lipinski definition) is 2. The van der Waals surface area contributed by atoms with Crippen LogP contribution in [0.2, 0.25) is 10.0 Å². The lowest BCUT2D eigenvalue weighted by Crippen LogP contribution is -2.51. The number of amides is 3. The predicted octanol–water partition coefficient (Wildman–Crippen LogP) is 4.43. The van der Waals surface area contributed by atoms with Crippen molar-refractivity contribution in [2.75, 3.05) is 13.1 Å². The second-order valence-corrected chi connectivity index (χ2v) is 8.79. The summed E-state index contributed by atoms with van der Waals surface area (Å²) >= 11 is 11.9. The number of likely N-dealkylation sites (tertiary alicyclic amines) is 1. The van der Waals surface area contributed by atoms with E-state index >= 15 is 0 Å². The summed E-state index contributed by atoms with van der Waals surface area (Å²) in [6.45, 7) is 8.40. The van der Waals surface area contributed by atoms with Gasteiger partial charge in [-0.3, -0.25) is 0 Å². The highest BCUT2D eigenvalue weighted by Crippen LogP contribution is 2.22. The molecule has 0 spiro atoms. The summed E-state index contributed by atoms with van der Waals surface area (Å²) in [6, 6.07) is 4.66. The summed E-state index contributed by atoms with van der Waals surface area (Å²) in [5.41, 5.74) is 0.202. The van der Waals surface area contributed by atoms with Crippen molar-refractivity contribution < 1.29 is 14.3 Å². The maximum absolute atomic E-state index is 12.4. The molecular weight excluding hydrogens is 413 g/mol. The average Bonchev–Trinajstić information content (AvgIpc) is 2.61. The summed E-state index contributed by atoms with van der Waals surface area (Å²) < 4.78 is 5.27. The fourth-order valence-electron chi connectivity index (χ4n) is 2.78. The Kier molecular flexibility index (Phi) is 8.06. The number of rotatable bonds is 2. The highest BCUT2D eigenvalue weighted by Gasteiger charge is 2.26. The number of carbonyl (C=O) groups is 2. The zero-order valence-corrected chi connectivity index (χ0v) is 18.7. The second kappa shape index (κ2) is 10.1. The van der Waals surface area contributed by atoms with Crippen LogP contribution in [0.1, 0.15) is 46.1 Å². The van der Waals surface area contributed by atoms with Crippen LogP contribution in [0.25, 0.3) is 0 Å². The lowest BCUT2D eigenvalue weighted by atomic mass is 10.1. The average molecular weight is 440 g/mol. The van der Waals surface area contributed by atoms with Gasteiger partial charge in [0.25, 0.3) is 0 Å². The first-order valence-corrected chi connectivity index (χ1v) is 10.3. The molecule has 1 saturated heterocycles. The van der Waals surface area contributed by atoms with Gasteiger partial charge in [-0.25, -0.2) is 9.59 Å². The van der Waals surface area contributed by atoms with Gasteiger partial charge >= 0.3 is 12.1 Å². The van der Waals surface area contributed by atoms with Crippen molar-refractivity contribution in [2.24, 2.45) is 0 Å². The normalized spacial score (nSPS) is 15.7. The van der Waals surface area contributed by atoms with Crippen molar-refractivity contribution >= 4 is 35.3 Å². The molecule has 1 unspecified atom stereocenters. The largest absolute Gasteiger partial charge is 0.444 e. The van der Waals surface area contributed by atoms with Crippen molar-refractivity contribution in [3.8, 4) is 11.8 Å². The molecule has 158 valence electrons. The molecule has 1 fully saturated rings. The maximum Gasteiger partial charge on any atom is 0.407 e. The molecule has 3 amide bonds. The van der Waals surface area contributed by atoms with Crippen molar-refractivity contribution in [3.63, 3.8) is 0 Å². The van der Waals surface area contributed by atoms with E-state index in [2.05, 4.69) is 22.5 Å². The molecule has 1 atom stereocenters. The number of ether oxygens (including phenoxy) is 1. The number of nitrogens with one attached hydrogen (secondary N) is 2. The lowest BCUT2D eigenvalue weighted by molar-refractivity contribution is 0.0485. The minimum atomic E-state index is -0.529. The number of halogens is 2. The SMILES string of the molecule is CC(C#Cc1ccc(Cl)c(Cl)c1)NC(=O)N1CCC(NC(=O)OC(C)(C)C)CC1. The molecule has 29 heavy (non-hydrogen) atoms. The van der Waals surface area contributed by atoms with E-state index in [9.17, 15) is 9.59 Å². The first-order chi connectivity index (χ1) is 13.5. The fraction of sp³-hybridized carbons (Fsp3) is 0.524. The molecular formula is C21H27Cl2N3O3. The molecule has 1 aliphatic rings. The van der Waals surface area contributed by atoms with Gasteiger partial charge in [-0.2, -0.15) is 0 Å². The minimum Gasteiger partial charge on any atom is -0.444 e. The van der Waals surface area contributed by atoms with Crippen LogP contribution in [0.15, 0.2) is 18.2 Å². The summed E-state index contributed by atoms with van der Waals surface area (Å²) in [5.74, 6) is 5.97. The molecule has 0 radical (unpaired) electrons. The predicted molar refractivity (Wildman–Crippen MR) is 115 cm³/mol. The molecule has 1 aromatic carbocycles. The Hall–Kier alpha value is -2.10. The van der Waals surface area contributed by atoms with Gasteiger partial charge in [-0.15, -0.1) is 0 Å². The highest BCUT2D eigenvalue weighted by molar-refractivity contribution is 6.42. The van der Waals surface area contributed by atoms with Crippen LogP contribution in [0, 0.1) is 11.8 Å². The number of benzene rings is 1. The smallest absolute Gasteiger partial charge is 0.407 e. The van der Waals surface area contributed by atoms with E-state index in [0.717, 1.165) is 5.56 Å². The first kappa shape index (κ1) is 23.2. The lowest BCUT2D eigenvalue weighted by Gasteiger charge is -2.33. The van der Waals surface area contributed by atoms with Gasteiger partial charge in [0.05, 0.1) is 16.1 Å². The van der Waals surface area contributed by atoms with Crippen molar-refractivity contribution in [1.82, 2.24) is 15.5 Å². The molecule has 2 N–H and O–H groups in total. The van der Waals surface area contributed by atoms with Crippen LogP contribution in [0.3, 0.4) is 0 Å². The van der Waals surface area contributed by atoms with Crippen molar-refractivity contribution in [3.05, 3.63) is 33.8 Å². The van der Waals surface area contributed by atoms with E-state index < -0.39 is 11.7 Å². The number of hydrogen-bond acceptors (Lipinski definition) is 3. The van der Waals surface area contributed by atoms with Crippen LogP contribution >= 0.6 is 23.2 Å². The monoisotopic (exact) mass is 439 g/mol. The number of piperidine rings is 1. The van der Waals surface area contributed by atoms with Gasteiger partial charge in [-0.05, 0) is 58.7 Å². The van der Waals surface area contributed by atoms with E-state index in [0.29, 0.717) is 36.0 Å². The Bertz CT molecular complexity index is 804. The molecule has 0 aromatic heterocycles. The van der Waals surface area contributed by atoms with Crippen LogP contribution in [-0.2, 0) is 4.74 Å². The van der Waals surface area contributed by atoms with Crippen LogP contribution < -0.4 is 10.6 Å². The van der Waals surface area contributed by atoms with Crippen LogP contribution in [-0.4, -0.2) is 47.8 Å². The topological polar surface area (TPSA) is 70.7 Å². The standard InChI is InChI=1S/C21H27Cl2N3O3/c1-14(5-6-15-7-8-17(22)18(23)13-15)24-19(27)26-11-9-16(10-12-26)25-20(28)29-21(2,3)4/h7-8,13-14,16H,9-12H2,1-4H3,(H,24,27)(H,25,28). The molecule has 8 heteroatoms. The Labute approximate surface area is 182 Å². The van der Waals surface area contributed by atoms with Gasteiger partial charge in [0.1, 0.15) is 5.60 Å². The van der Waals surface area contributed by atoms with Crippen LogP contribution in [0.5, 0.6) is 0 Å². The number of carbonyl (C=O) groups excluding carboxylic acids is 2. The van der Waals surface area contributed by atoms with E-state index in [1.165, 1.54) is 0 Å². The van der Waals surface area contributed by atoms with Gasteiger partial charge in [0, 0.05) is 24.7 Å². The molecule has 1 heterocycles. The van der Waals surface area contributed by atoms with Gasteiger partial charge in [0.15, 0.2) is 0 Å². The molecule has 0 saturated carbocycles.